The highest BCUT2D eigenvalue weighted by atomic mass is 32.2. The summed E-state index contributed by atoms with van der Waals surface area (Å²) in [7, 11) is -2.11. The van der Waals surface area contributed by atoms with Crippen molar-refractivity contribution in [1.82, 2.24) is 4.90 Å². The van der Waals surface area contributed by atoms with Gasteiger partial charge in [-0.05, 0) is 60.7 Å². The van der Waals surface area contributed by atoms with Gasteiger partial charge in [0.2, 0.25) is 0 Å². The molecule has 0 atom stereocenters. The van der Waals surface area contributed by atoms with Gasteiger partial charge in [0, 0.05) is 30.6 Å². The normalized spacial score (nSPS) is 15.8. The highest BCUT2D eigenvalue weighted by Gasteiger charge is 2.34. The Morgan fingerprint density at radius 3 is 2.30 bits per heavy atom. The van der Waals surface area contributed by atoms with E-state index in [0.29, 0.717) is 11.4 Å². The molecule has 2 heterocycles. The summed E-state index contributed by atoms with van der Waals surface area (Å²) in [6.45, 7) is 2.69. The maximum atomic E-state index is 13.6. The second kappa shape index (κ2) is 9.20. The third kappa shape index (κ3) is 4.53. The van der Waals surface area contributed by atoms with Gasteiger partial charge in [0.1, 0.15) is 5.75 Å². The van der Waals surface area contributed by atoms with Gasteiger partial charge in [-0.25, -0.2) is 8.42 Å². The second-order valence-electron chi connectivity index (χ2n) is 7.40. The summed E-state index contributed by atoms with van der Waals surface area (Å²) < 4.78 is 34.1. The molecule has 0 unspecified atom stereocenters. The molecular weight excluding hydrogens is 416 g/mol. The monoisotopic (exact) mass is 442 g/mol. The van der Waals surface area contributed by atoms with Crippen LogP contribution in [0.15, 0.2) is 77.0 Å². The van der Waals surface area contributed by atoms with Crippen molar-refractivity contribution in [1.29, 1.82) is 0 Å². The molecule has 3 aromatic rings. The molecule has 1 saturated heterocycles. The summed E-state index contributed by atoms with van der Waals surface area (Å²) in [4.78, 5) is 4.04. The predicted octanol–water partition coefficient (Wildman–Crippen LogP) is 4.62. The van der Waals surface area contributed by atoms with Crippen LogP contribution < -0.4 is 9.04 Å². The molecule has 0 amide bonds. The van der Waals surface area contributed by atoms with Gasteiger partial charge in [-0.3, -0.25) is 9.21 Å². The summed E-state index contributed by atoms with van der Waals surface area (Å²) in [6.07, 6.45) is 1.60. The highest BCUT2D eigenvalue weighted by molar-refractivity contribution is 7.92. The molecule has 1 fully saturated rings. The third-order valence-electron chi connectivity index (χ3n) is 5.48. The van der Waals surface area contributed by atoms with Gasteiger partial charge < -0.3 is 4.74 Å². The fourth-order valence-electron chi connectivity index (χ4n) is 3.92. The van der Waals surface area contributed by atoms with Crippen LogP contribution in [0.1, 0.15) is 17.7 Å². The number of para-hydroxylation sites is 1. The molecule has 1 aliphatic rings. The highest BCUT2D eigenvalue weighted by Crippen LogP contribution is 2.31. The largest absolute Gasteiger partial charge is 0.497 e. The minimum atomic E-state index is -3.68. The van der Waals surface area contributed by atoms with Crippen LogP contribution in [0, 0.1) is 0 Å². The Bertz CT molecular complexity index is 1030. The topological polar surface area (TPSA) is 49.9 Å². The summed E-state index contributed by atoms with van der Waals surface area (Å²) in [5, 5.41) is 2.10. The Morgan fingerprint density at radius 2 is 1.70 bits per heavy atom. The van der Waals surface area contributed by atoms with E-state index < -0.39 is 10.0 Å². The Labute approximate surface area is 182 Å². The maximum Gasteiger partial charge on any atom is 0.264 e. The Kier molecular flexibility index (Phi) is 6.41. The van der Waals surface area contributed by atoms with Crippen molar-refractivity contribution < 1.29 is 13.2 Å². The quantitative estimate of drug-likeness (QED) is 0.536. The molecule has 2 aromatic carbocycles. The van der Waals surface area contributed by atoms with Gasteiger partial charge in [-0.15, -0.1) is 11.3 Å². The maximum absolute atomic E-state index is 13.6. The van der Waals surface area contributed by atoms with Gasteiger partial charge in [0.05, 0.1) is 17.7 Å². The van der Waals surface area contributed by atoms with E-state index in [1.54, 1.807) is 47.0 Å². The molecule has 1 aromatic heterocycles. The van der Waals surface area contributed by atoms with Crippen LogP contribution in [0.25, 0.3) is 0 Å². The average molecular weight is 443 g/mol. The lowest BCUT2D eigenvalue weighted by molar-refractivity contribution is 0.208. The molecule has 7 heteroatoms. The number of nitrogens with zero attached hydrogens (tertiary/aromatic N) is 2. The molecule has 1 aliphatic heterocycles. The summed E-state index contributed by atoms with van der Waals surface area (Å²) in [5.41, 5.74) is 0.713. The molecule has 0 radical (unpaired) electrons. The number of piperidine rings is 1. The van der Waals surface area contributed by atoms with Crippen LogP contribution in [-0.2, 0) is 16.6 Å². The minimum absolute atomic E-state index is 0.0703. The van der Waals surface area contributed by atoms with Gasteiger partial charge in [-0.1, -0.05) is 24.3 Å². The first-order valence-electron chi connectivity index (χ1n) is 10.1. The zero-order valence-corrected chi connectivity index (χ0v) is 18.6. The number of thiophene rings is 1. The van der Waals surface area contributed by atoms with Crippen molar-refractivity contribution in [2.45, 2.75) is 30.3 Å². The summed E-state index contributed by atoms with van der Waals surface area (Å²) in [5.74, 6) is 0.641. The van der Waals surface area contributed by atoms with E-state index in [4.69, 9.17) is 4.74 Å². The van der Waals surface area contributed by atoms with Gasteiger partial charge >= 0.3 is 0 Å². The minimum Gasteiger partial charge on any atom is -0.497 e. The van der Waals surface area contributed by atoms with Crippen molar-refractivity contribution in [2.24, 2.45) is 0 Å². The van der Waals surface area contributed by atoms with E-state index in [2.05, 4.69) is 22.4 Å². The predicted molar refractivity (Wildman–Crippen MR) is 122 cm³/mol. The molecule has 30 heavy (non-hydrogen) atoms. The lowest BCUT2D eigenvalue weighted by Crippen LogP contribution is -2.47. The van der Waals surface area contributed by atoms with Gasteiger partial charge in [-0.2, -0.15) is 0 Å². The van der Waals surface area contributed by atoms with Crippen LogP contribution in [0.4, 0.5) is 5.69 Å². The average Bonchev–Trinajstić information content (AvgIpc) is 3.29. The number of hydrogen-bond donors (Lipinski definition) is 0. The van der Waals surface area contributed by atoms with Crippen molar-refractivity contribution >= 4 is 27.0 Å². The zero-order valence-electron chi connectivity index (χ0n) is 17.0. The first-order valence-corrected chi connectivity index (χ1v) is 12.4. The van der Waals surface area contributed by atoms with Crippen molar-refractivity contribution in [2.75, 3.05) is 24.5 Å². The van der Waals surface area contributed by atoms with Crippen LogP contribution in [0.2, 0.25) is 0 Å². The first-order chi connectivity index (χ1) is 14.6. The van der Waals surface area contributed by atoms with E-state index in [1.807, 2.05) is 30.3 Å². The molecule has 0 spiro atoms. The van der Waals surface area contributed by atoms with Crippen LogP contribution in [-0.4, -0.2) is 39.6 Å². The van der Waals surface area contributed by atoms with E-state index >= 15 is 0 Å². The number of benzene rings is 2. The number of ether oxygens (including phenoxy) is 1. The molecule has 5 nitrogen and oxygen atoms in total. The van der Waals surface area contributed by atoms with E-state index in [1.165, 1.54) is 4.88 Å². The molecular formula is C23H26N2O3S2. The number of methoxy groups -OCH3 is 1. The molecule has 0 bridgehead atoms. The molecule has 0 N–H and O–H groups in total. The third-order valence-corrected chi connectivity index (χ3v) is 8.23. The van der Waals surface area contributed by atoms with E-state index in [-0.39, 0.29) is 10.9 Å². The summed E-state index contributed by atoms with van der Waals surface area (Å²) >= 11 is 1.77. The fraction of sp³-hybridized carbons (Fsp3) is 0.304. The molecule has 4 rings (SSSR count). The zero-order chi connectivity index (χ0) is 21.0. The fourth-order valence-corrected chi connectivity index (χ4v) is 6.37. The number of sulfonamides is 1. The number of likely N-dealkylation sites (tertiary alicyclic amines) is 1. The van der Waals surface area contributed by atoms with Crippen LogP contribution in [0.3, 0.4) is 0 Å². The Hall–Kier alpha value is -2.35. The van der Waals surface area contributed by atoms with Crippen molar-refractivity contribution in [3.63, 3.8) is 0 Å². The Morgan fingerprint density at radius 1 is 1.00 bits per heavy atom. The van der Waals surface area contributed by atoms with Gasteiger partial charge in [0.25, 0.3) is 10.0 Å². The number of rotatable bonds is 7. The number of hydrogen-bond acceptors (Lipinski definition) is 5. The summed E-state index contributed by atoms with van der Waals surface area (Å²) in [6, 6.07) is 20.2. The number of anilines is 1. The van der Waals surface area contributed by atoms with Crippen LogP contribution >= 0.6 is 11.3 Å². The molecule has 0 aliphatic carbocycles. The standard InChI is InChI=1S/C23H26N2O3S2/c1-28-21-9-11-23(12-10-21)30(26,27)25(19-6-3-2-4-7-19)20-13-15-24(16-14-20)18-22-8-5-17-29-22/h2-12,17,20H,13-16,18H2,1H3. The van der Waals surface area contributed by atoms with Crippen molar-refractivity contribution in [3.05, 3.63) is 77.0 Å². The lowest BCUT2D eigenvalue weighted by Gasteiger charge is -2.39. The molecule has 0 saturated carbocycles. The van der Waals surface area contributed by atoms with Crippen molar-refractivity contribution in [3.8, 4) is 5.75 Å². The first kappa shape index (κ1) is 20.9. The lowest BCUT2D eigenvalue weighted by atomic mass is 10.0. The van der Waals surface area contributed by atoms with E-state index in [9.17, 15) is 8.42 Å². The second-order valence-corrected chi connectivity index (χ2v) is 10.2. The SMILES string of the molecule is COc1ccc(S(=O)(=O)N(c2ccccc2)C2CCN(Cc3cccs3)CC2)cc1. The Balaban J connectivity index is 1.58. The van der Waals surface area contributed by atoms with E-state index in [0.717, 1.165) is 32.5 Å². The molecule has 158 valence electrons. The van der Waals surface area contributed by atoms with Crippen LogP contribution in [0.5, 0.6) is 5.75 Å². The smallest absolute Gasteiger partial charge is 0.264 e. The van der Waals surface area contributed by atoms with Gasteiger partial charge in [0.15, 0.2) is 0 Å².